The maximum Gasteiger partial charge on any atom is 0.409 e. The normalized spacial score (nSPS) is 14.4. The smallest absolute Gasteiger partial charge is 0.409 e. The van der Waals surface area contributed by atoms with Crippen LogP contribution in [0.3, 0.4) is 0 Å². The zero-order valence-electron chi connectivity index (χ0n) is 22.1. The van der Waals surface area contributed by atoms with E-state index < -0.39 is 17.8 Å². The Labute approximate surface area is 231 Å². The van der Waals surface area contributed by atoms with E-state index in [9.17, 15) is 18.0 Å². The highest BCUT2D eigenvalue weighted by atomic mass is 32.2. The zero-order chi connectivity index (χ0) is 28.6. The number of anilines is 1. The number of halogens is 3. The van der Waals surface area contributed by atoms with Crippen LogP contribution in [0.1, 0.15) is 48.8 Å². The van der Waals surface area contributed by atoms with Crippen LogP contribution in [0.5, 0.6) is 5.88 Å². The van der Waals surface area contributed by atoms with Crippen molar-refractivity contribution in [2.45, 2.75) is 56.3 Å². The molecule has 15 heteroatoms. The summed E-state index contributed by atoms with van der Waals surface area (Å²) in [5.41, 5.74) is 0.740. The van der Waals surface area contributed by atoms with E-state index in [1.54, 1.807) is 26.2 Å². The van der Waals surface area contributed by atoms with Crippen LogP contribution in [0.15, 0.2) is 34.3 Å². The summed E-state index contributed by atoms with van der Waals surface area (Å²) < 4.78 is 51.1. The minimum atomic E-state index is -4.73. The number of pyridine rings is 1. The molecule has 0 radical (unpaired) electrons. The number of alkyl halides is 3. The molecule has 0 saturated heterocycles. The largest absolute Gasteiger partial charge is 0.480 e. The second-order valence-corrected chi connectivity index (χ2v) is 10.3. The Bertz CT molecular complexity index is 1610. The van der Waals surface area contributed by atoms with Gasteiger partial charge in [-0.3, -0.25) is 19.1 Å². The van der Waals surface area contributed by atoms with Crippen LogP contribution in [0, 0.1) is 6.92 Å². The fourth-order valence-electron chi connectivity index (χ4n) is 4.23. The zero-order valence-corrected chi connectivity index (χ0v) is 22.9. The molecule has 5 rings (SSSR count). The Morgan fingerprint density at radius 2 is 1.95 bits per heavy atom. The van der Waals surface area contributed by atoms with Gasteiger partial charge in [0.15, 0.2) is 17.3 Å². The molecular formula is C25H26F3N9O2S. The Kier molecular flexibility index (Phi) is 7.59. The minimum Gasteiger partial charge on any atom is -0.480 e. The van der Waals surface area contributed by atoms with Crippen LogP contribution >= 0.6 is 11.9 Å². The number of methoxy groups -OCH3 is 1. The van der Waals surface area contributed by atoms with E-state index in [1.807, 2.05) is 6.07 Å². The third-order valence-electron chi connectivity index (χ3n) is 6.45. The number of nitrogens with one attached hydrogen (secondary N) is 2. The average Bonchev–Trinajstić information content (AvgIpc) is 3.77. The van der Waals surface area contributed by atoms with Gasteiger partial charge in [0.2, 0.25) is 5.88 Å². The number of hydrogen-bond donors (Lipinski definition) is 2. The molecule has 4 heterocycles. The second-order valence-electron chi connectivity index (χ2n) is 9.22. The Morgan fingerprint density at radius 1 is 1.18 bits per heavy atom. The van der Waals surface area contributed by atoms with Crippen molar-refractivity contribution in [2.24, 2.45) is 0 Å². The number of nitrogens with zero attached hydrogens (tertiary/aromatic N) is 7. The average molecular weight is 574 g/mol. The topological polar surface area (TPSA) is 133 Å². The summed E-state index contributed by atoms with van der Waals surface area (Å²) in [6.45, 7) is 2.58. The van der Waals surface area contributed by atoms with Crippen LogP contribution in [0.2, 0.25) is 0 Å². The van der Waals surface area contributed by atoms with Crippen molar-refractivity contribution in [2.75, 3.05) is 19.5 Å². The lowest BCUT2D eigenvalue weighted by molar-refractivity contribution is -0.162. The van der Waals surface area contributed by atoms with Gasteiger partial charge in [-0.2, -0.15) is 13.2 Å². The molecule has 4 aromatic heterocycles. The number of hydrogen-bond acceptors (Lipinski definition) is 11. The SMILES string of the molecule is CNSc1ccc(CNc2nc3c(C)nc(-c4c(OC)ncnc4C4CC4)nc3n(C(C)C(F)(F)F)c2=O)nc1. The fourth-order valence-corrected chi connectivity index (χ4v) is 4.71. The summed E-state index contributed by atoms with van der Waals surface area (Å²) in [6.07, 6.45) is 0.0829. The standard InChI is InChI=1S/C25H26F3N9O2S/c1-12-18-22(36-20(34-12)17-19(14-5-6-14)32-11-33-23(17)39-4)37(13(2)25(26,27)28)24(38)21(35-18)31-9-15-7-8-16(10-30-15)40-29-3/h7-8,10-11,13-14,29H,5-6,9H2,1-4H3,(H,31,35). The van der Waals surface area contributed by atoms with E-state index in [4.69, 9.17) is 4.74 Å². The molecule has 210 valence electrons. The lowest BCUT2D eigenvalue weighted by atomic mass is 10.1. The molecule has 1 saturated carbocycles. The molecule has 0 bridgehead atoms. The Morgan fingerprint density at radius 3 is 2.58 bits per heavy atom. The van der Waals surface area contributed by atoms with Crippen molar-refractivity contribution < 1.29 is 17.9 Å². The highest BCUT2D eigenvalue weighted by Gasteiger charge is 2.40. The van der Waals surface area contributed by atoms with Crippen molar-refractivity contribution in [3.05, 3.63) is 52.1 Å². The maximum absolute atomic E-state index is 14.0. The van der Waals surface area contributed by atoms with Gasteiger partial charge in [-0.25, -0.2) is 24.9 Å². The fraction of sp³-hybridized carbons (Fsp3) is 0.400. The molecule has 11 nitrogen and oxygen atoms in total. The van der Waals surface area contributed by atoms with Crippen LogP contribution < -0.4 is 20.3 Å². The number of aryl methyl sites for hydroxylation is 1. The Balaban J connectivity index is 1.64. The first-order valence-electron chi connectivity index (χ1n) is 12.4. The van der Waals surface area contributed by atoms with Gasteiger partial charge in [0.1, 0.15) is 23.4 Å². The van der Waals surface area contributed by atoms with Gasteiger partial charge in [-0.05, 0) is 57.8 Å². The molecule has 40 heavy (non-hydrogen) atoms. The van der Waals surface area contributed by atoms with E-state index in [0.29, 0.717) is 21.5 Å². The number of ether oxygens (including phenoxy) is 1. The van der Waals surface area contributed by atoms with Crippen LogP contribution in [0.25, 0.3) is 22.6 Å². The van der Waals surface area contributed by atoms with Crippen molar-refractivity contribution in [3.63, 3.8) is 0 Å². The van der Waals surface area contributed by atoms with Gasteiger partial charge in [0.05, 0.1) is 30.7 Å². The molecule has 1 aliphatic rings. The predicted octanol–water partition coefficient (Wildman–Crippen LogP) is 4.19. The van der Waals surface area contributed by atoms with Crippen molar-refractivity contribution in [3.8, 4) is 17.3 Å². The molecule has 0 spiro atoms. The molecule has 1 unspecified atom stereocenters. The van der Waals surface area contributed by atoms with Gasteiger partial charge in [0.25, 0.3) is 5.56 Å². The monoisotopic (exact) mass is 573 g/mol. The summed E-state index contributed by atoms with van der Waals surface area (Å²) in [7, 11) is 3.21. The van der Waals surface area contributed by atoms with E-state index in [0.717, 1.165) is 24.7 Å². The van der Waals surface area contributed by atoms with Gasteiger partial charge in [-0.15, -0.1) is 0 Å². The highest BCUT2D eigenvalue weighted by molar-refractivity contribution is 7.97. The number of rotatable bonds is 9. The third-order valence-corrected chi connectivity index (χ3v) is 7.13. The van der Waals surface area contributed by atoms with E-state index in [2.05, 4.69) is 39.9 Å². The maximum atomic E-state index is 14.0. The first-order chi connectivity index (χ1) is 19.1. The van der Waals surface area contributed by atoms with Gasteiger partial charge < -0.3 is 10.1 Å². The summed E-state index contributed by atoms with van der Waals surface area (Å²) in [6, 6.07) is 1.39. The van der Waals surface area contributed by atoms with E-state index in [1.165, 1.54) is 25.4 Å². The molecule has 0 aliphatic heterocycles. The molecule has 4 aromatic rings. The van der Waals surface area contributed by atoms with Crippen molar-refractivity contribution >= 4 is 28.9 Å². The lowest BCUT2D eigenvalue weighted by Crippen LogP contribution is -2.35. The summed E-state index contributed by atoms with van der Waals surface area (Å²) >= 11 is 1.38. The van der Waals surface area contributed by atoms with E-state index >= 15 is 0 Å². The molecule has 0 amide bonds. The van der Waals surface area contributed by atoms with Crippen LogP contribution in [0.4, 0.5) is 19.0 Å². The lowest BCUT2D eigenvalue weighted by Gasteiger charge is -2.22. The molecule has 1 fully saturated rings. The van der Waals surface area contributed by atoms with Crippen molar-refractivity contribution in [1.29, 1.82) is 0 Å². The second kappa shape index (κ2) is 11.0. The Hall–Kier alpha value is -3.85. The number of fused-ring (bicyclic) bond motifs is 1. The molecule has 0 aromatic carbocycles. The van der Waals surface area contributed by atoms with Gasteiger partial charge in [-0.1, -0.05) is 0 Å². The first-order valence-corrected chi connectivity index (χ1v) is 13.2. The predicted molar refractivity (Wildman–Crippen MR) is 143 cm³/mol. The van der Waals surface area contributed by atoms with Gasteiger partial charge >= 0.3 is 6.18 Å². The minimum absolute atomic E-state index is 0.0551. The van der Waals surface area contributed by atoms with Crippen LogP contribution in [-0.4, -0.2) is 54.8 Å². The molecule has 1 aliphatic carbocycles. The van der Waals surface area contributed by atoms with Gasteiger partial charge in [0, 0.05) is 17.0 Å². The third kappa shape index (κ3) is 5.43. The molecular weight excluding hydrogens is 547 g/mol. The van der Waals surface area contributed by atoms with E-state index in [-0.39, 0.29) is 46.8 Å². The first kappa shape index (κ1) is 27.7. The quantitative estimate of drug-likeness (QED) is 0.279. The summed E-state index contributed by atoms with van der Waals surface area (Å²) in [5.74, 6) is 0.147. The summed E-state index contributed by atoms with van der Waals surface area (Å²) in [4.78, 5) is 40.6. The highest BCUT2D eigenvalue weighted by Crippen LogP contribution is 2.45. The van der Waals surface area contributed by atoms with Crippen LogP contribution in [-0.2, 0) is 6.54 Å². The number of aromatic nitrogens is 7. The summed E-state index contributed by atoms with van der Waals surface area (Å²) in [5, 5.41) is 2.85. The molecule has 2 N–H and O–H groups in total. The molecule has 1 atom stereocenters. The van der Waals surface area contributed by atoms with Crippen molar-refractivity contribution in [1.82, 2.24) is 39.2 Å².